The Bertz CT molecular complexity index is 307. The van der Waals surface area contributed by atoms with E-state index in [0.717, 1.165) is 16.5 Å². The molecule has 0 aromatic heterocycles. The fourth-order valence-corrected chi connectivity index (χ4v) is 1.35. The summed E-state index contributed by atoms with van der Waals surface area (Å²) in [5.74, 6) is 0. The van der Waals surface area contributed by atoms with Gasteiger partial charge < -0.3 is 0 Å². The summed E-state index contributed by atoms with van der Waals surface area (Å²) in [5.41, 5.74) is 1.97. The Hall–Kier alpha value is -0.960. The van der Waals surface area contributed by atoms with Crippen LogP contribution in [0.3, 0.4) is 0 Å². The topological polar surface area (TPSA) is 26.5 Å². The van der Waals surface area contributed by atoms with E-state index in [2.05, 4.69) is 10.3 Å². The van der Waals surface area contributed by atoms with Crippen LogP contribution in [0.25, 0.3) is 0 Å². The average Bonchev–Trinajstić information content (AvgIpc) is 2.46. The Labute approximate surface area is 69.7 Å². The van der Waals surface area contributed by atoms with Crippen molar-refractivity contribution in [2.45, 2.75) is 0 Å². The van der Waals surface area contributed by atoms with Crippen molar-refractivity contribution in [2.24, 2.45) is 4.99 Å². The quantitative estimate of drug-likeness (QED) is 0.576. The minimum absolute atomic E-state index is 0.853. The van der Waals surface area contributed by atoms with E-state index >= 15 is 0 Å². The van der Waals surface area contributed by atoms with Crippen LogP contribution < -0.4 is 5.32 Å². The van der Waals surface area contributed by atoms with Gasteiger partial charge in [0.05, 0.1) is 11.4 Å². The van der Waals surface area contributed by atoms with Crippen molar-refractivity contribution >= 4 is 28.3 Å². The maximum Gasteiger partial charge on any atom is 0.188 e. The molecule has 11 heavy (non-hydrogen) atoms. The predicted octanol–water partition coefficient (Wildman–Crippen LogP) is 2.29. The second-order valence-electron chi connectivity index (χ2n) is 2.20. The average molecular weight is 163 g/mol. The second kappa shape index (κ2) is 2.58. The molecule has 1 aromatic rings. The molecule has 0 saturated carbocycles. The molecule has 0 fully saturated rings. The van der Waals surface area contributed by atoms with E-state index in [0.29, 0.717) is 0 Å². The lowest BCUT2D eigenvalue weighted by Crippen LogP contribution is -1.98. The van der Waals surface area contributed by atoms with E-state index in [9.17, 15) is 0 Å². The zero-order valence-electron chi connectivity index (χ0n) is 6.11. The van der Waals surface area contributed by atoms with Gasteiger partial charge in [-0.25, -0.2) is 10.3 Å². The Kier molecular flexibility index (Phi) is 1.58. The molecule has 2 rings (SSSR count). The molecule has 1 aromatic carbocycles. The Morgan fingerprint density at radius 3 is 2.55 bits per heavy atom. The molecule has 0 bridgehead atoms. The molecule has 0 saturated heterocycles. The van der Waals surface area contributed by atoms with Gasteiger partial charge in [0.25, 0.3) is 0 Å². The highest BCUT2D eigenvalue weighted by molar-refractivity contribution is 8.13. The van der Waals surface area contributed by atoms with Gasteiger partial charge in [-0.15, -0.1) is 0 Å². The van der Waals surface area contributed by atoms with Crippen LogP contribution in [0.2, 0.25) is 0 Å². The maximum absolute atomic E-state index is 4.28. The Morgan fingerprint density at radius 2 is 1.91 bits per heavy atom. The van der Waals surface area contributed by atoms with Crippen LogP contribution in [-0.4, -0.2) is 11.4 Å². The van der Waals surface area contributed by atoms with Gasteiger partial charge in [-0.2, -0.15) is 0 Å². The molecule has 1 heterocycles. The van der Waals surface area contributed by atoms with Gasteiger partial charge in [0, 0.05) is 0 Å². The van der Waals surface area contributed by atoms with E-state index in [4.69, 9.17) is 0 Å². The molecule has 0 unspecified atom stereocenters. The van der Waals surface area contributed by atoms with E-state index in [1.54, 1.807) is 11.8 Å². The molecule has 55 valence electrons. The maximum atomic E-state index is 4.28. The number of amidine groups is 1. The smallest absolute Gasteiger partial charge is 0.188 e. The lowest BCUT2D eigenvalue weighted by molar-refractivity contribution is 1.34. The van der Waals surface area contributed by atoms with Crippen molar-refractivity contribution in [3.8, 4) is 0 Å². The van der Waals surface area contributed by atoms with Gasteiger partial charge in [-0.05, 0) is 18.4 Å². The van der Waals surface area contributed by atoms with Crippen LogP contribution >= 0.6 is 11.8 Å². The number of benzene rings is 1. The van der Waals surface area contributed by atoms with Crippen molar-refractivity contribution in [3.63, 3.8) is 0 Å². The number of hydrogen-bond donors (Lipinski definition) is 0. The number of fused-ring (bicyclic) bond motifs is 1. The van der Waals surface area contributed by atoms with E-state index in [-0.39, 0.29) is 0 Å². The van der Waals surface area contributed by atoms with Gasteiger partial charge >= 0.3 is 0 Å². The molecule has 0 N–H and O–H groups in total. The molecule has 1 aliphatic heterocycles. The van der Waals surface area contributed by atoms with E-state index in [1.807, 2.05) is 30.5 Å². The lowest BCUT2D eigenvalue weighted by Gasteiger charge is -1.92. The number of aliphatic imine (C=N–C) groups is 1. The lowest BCUT2D eigenvalue weighted by atomic mass is 10.3. The fraction of sp³-hybridized carbons (Fsp3) is 0.125. The Balaban J connectivity index is 2.39. The van der Waals surface area contributed by atoms with Crippen LogP contribution in [0.15, 0.2) is 29.3 Å². The number of thioether (sulfide) groups is 1. The summed E-state index contributed by atoms with van der Waals surface area (Å²) in [7, 11) is 0. The minimum Gasteiger partial charge on any atom is -0.221 e. The van der Waals surface area contributed by atoms with Crippen LogP contribution in [0.4, 0.5) is 11.4 Å². The zero-order chi connectivity index (χ0) is 7.68. The normalized spacial score (nSPS) is 13.7. The highest BCUT2D eigenvalue weighted by atomic mass is 32.2. The third-order valence-electron chi connectivity index (χ3n) is 1.50. The summed E-state index contributed by atoms with van der Waals surface area (Å²) in [6.45, 7) is 0. The first kappa shape index (κ1) is 6.73. The molecule has 3 heteroatoms. The summed E-state index contributed by atoms with van der Waals surface area (Å²) in [4.78, 5) is 4.28. The van der Waals surface area contributed by atoms with Crippen molar-refractivity contribution in [2.75, 3.05) is 6.26 Å². The van der Waals surface area contributed by atoms with Crippen LogP contribution in [-0.2, 0) is 0 Å². The molecule has 1 aliphatic rings. The van der Waals surface area contributed by atoms with Gasteiger partial charge in [-0.1, -0.05) is 23.9 Å². The monoisotopic (exact) mass is 163 g/mol. The van der Waals surface area contributed by atoms with Crippen molar-refractivity contribution in [1.29, 1.82) is 0 Å². The number of nitrogens with zero attached hydrogens (tertiary/aromatic N) is 2. The number of para-hydroxylation sites is 2. The highest BCUT2D eigenvalue weighted by Gasteiger charge is 2.12. The van der Waals surface area contributed by atoms with Crippen molar-refractivity contribution in [3.05, 3.63) is 24.3 Å². The molecule has 0 atom stereocenters. The molecule has 0 amide bonds. The van der Waals surface area contributed by atoms with Crippen LogP contribution in [0.5, 0.6) is 0 Å². The molecule has 0 spiro atoms. The first-order valence-corrected chi connectivity index (χ1v) is 4.56. The summed E-state index contributed by atoms with van der Waals surface area (Å²) < 4.78 is 0. The van der Waals surface area contributed by atoms with Gasteiger partial charge in [0.1, 0.15) is 0 Å². The minimum atomic E-state index is 0.853. The van der Waals surface area contributed by atoms with Crippen LogP contribution in [0.1, 0.15) is 0 Å². The van der Waals surface area contributed by atoms with Gasteiger partial charge in [-0.3, -0.25) is 0 Å². The fourth-order valence-electron chi connectivity index (χ4n) is 0.976. The molecule has 2 nitrogen and oxygen atoms in total. The predicted molar refractivity (Wildman–Crippen MR) is 48.8 cm³/mol. The van der Waals surface area contributed by atoms with Crippen molar-refractivity contribution < 1.29 is 0 Å². The summed E-state index contributed by atoms with van der Waals surface area (Å²) in [6, 6.07) is 7.90. The summed E-state index contributed by atoms with van der Waals surface area (Å²) >= 11 is 1.57. The SMILES string of the molecule is CSC1=Nc2ccccc2[N]1. The molecular weight excluding hydrogens is 156 g/mol. The number of hydrogen-bond acceptors (Lipinski definition) is 2. The third kappa shape index (κ3) is 1.12. The largest absolute Gasteiger partial charge is 0.221 e. The summed E-state index contributed by atoms with van der Waals surface area (Å²) in [6.07, 6.45) is 1.98. The second-order valence-corrected chi connectivity index (χ2v) is 2.97. The third-order valence-corrected chi connectivity index (χ3v) is 2.04. The van der Waals surface area contributed by atoms with Gasteiger partial charge in [0.15, 0.2) is 5.17 Å². The summed E-state index contributed by atoms with van der Waals surface area (Å²) in [5, 5.41) is 5.14. The highest BCUT2D eigenvalue weighted by Crippen LogP contribution is 2.31. The first-order chi connectivity index (χ1) is 5.40. The molecular formula is C8H7N2S. The van der Waals surface area contributed by atoms with Crippen LogP contribution in [0, 0.1) is 0 Å². The first-order valence-electron chi connectivity index (χ1n) is 3.33. The van der Waals surface area contributed by atoms with E-state index in [1.165, 1.54) is 0 Å². The van der Waals surface area contributed by atoms with Gasteiger partial charge in [0.2, 0.25) is 0 Å². The standard InChI is InChI=1S/C8H7N2S/c1-11-8-9-6-4-2-3-5-7(6)10-8/h2-5H,1H3. The molecule has 1 radical (unpaired) electrons. The molecule has 0 aliphatic carbocycles. The van der Waals surface area contributed by atoms with E-state index < -0.39 is 0 Å². The number of rotatable bonds is 0. The Morgan fingerprint density at radius 1 is 1.18 bits per heavy atom. The van der Waals surface area contributed by atoms with Crippen molar-refractivity contribution in [1.82, 2.24) is 5.32 Å². The zero-order valence-corrected chi connectivity index (χ0v) is 6.93.